The predicted molar refractivity (Wildman–Crippen MR) is 62.2 cm³/mol. The number of carboxylic acids is 1. The Labute approximate surface area is 100 Å². The summed E-state index contributed by atoms with van der Waals surface area (Å²) in [5.41, 5.74) is 1.26. The van der Waals surface area contributed by atoms with Gasteiger partial charge in [0.05, 0.1) is 6.54 Å². The van der Waals surface area contributed by atoms with Crippen molar-refractivity contribution in [3.8, 4) is 6.07 Å². The van der Waals surface area contributed by atoms with Gasteiger partial charge in [0.2, 0.25) is 0 Å². The van der Waals surface area contributed by atoms with Crippen LogP contribution in [0.2, 0.25) is 0 Å². The molecular formula is C12H15N3O2. The summed E-state index contributed by atoms with van der Waals surface area (Å²) >= 11 is 0. The highest BCUT2D eigenvalue weighted by Gasteiger charge is 2.09. The molecule has 0 fully saturated rings. The molecular weight excluding hydrogens is 218 g/mol. The molecule has 0 saturated heterocycles. The van der Waals surface area contributed by atoms with Crippen molar-refractivity contribution >= 4 is 5.97 Å². The first kappa shape index (κ1) is 13.1. The van der Waals surface area contributed by atoms with Crippen molar-refractivity contribution in [1.82, 2.24) is 9.88 Å². The molecule has 1 aromatic rings. The lowest BCUT2D eigenvalue weighted by Gasteiger charge is -2.19. The molecule has 0 unspecified atom stereocenters. The summed E-state index contributed by atoms with van der Waals surface area (Å²) < 4.78 is 0. The predicted octanol–water partition coefficient (Wildman–Crippen LogP) is 1.25. The Hall–Kier alpha value is -1.93. The Morgan fingerprint density at radius 3 is 3.00 bits per heavy atom. The van der Waals surface area contributed by atoms with E-state index >= 15 is 0 Å². The maximum atomic E-state index is 10.7. The van der Waals surface area contributed by atoms with Gasteiger partial charge in [-0.05, 0) is 30.7 Å². The van der Waals surface area contributed by atoms with Gasteiger partial charge in [-0.2, -0.15) is 5.26 Å². The van der Waals surface area contributed by atoms with Crippen LogP contribution in [-0.4, -0.2) is 34.0 Å². The first-order valence-electron chi connectivity index (χ1n) is 5.45. The number of hydrogen-bond donors (Lipinski definition) is 1. The summed E-state index contributed by atoms with van der Waals surface area (Å²) in [7, 11) is 0. The van der Waals surface area contributed by atoms with Crippen LogP contribution in [0, 0.1) is 11.3 Å². The fourth-order valence-electron chi connectivity index (χ4n) is 1.61. The topological polar surface area (TPSA) is 77.2 Å². The minimum absolute atomic E-state index is 0.0120. The quantitative estimate of drug-likeness (QED) is 0.800. The normalized spacial score (nSPS) is 10.2. The number of pyridine rings is 1. The molecule has 0 amide bonds. The summed E-state index contributed by atoms with van der Waals surface area (Å²) in [6, 6.07) is 5.45. The van der Waals surface area contributed by atoms with Gasteiger partial charge in [0.15, 0.2) is 0 Å². The molecule has 5 heteroatoms. The monoisotopic (exact) mass is 233 g/mol. The zero-order chi connectivity index (χ0) is 12.7. The SMILES string of the molecule is CCCN(CC(=O)O)Cc1ccnc(C#N)c1. The van der Waals surface area contributed by atoms with Crippen LogP contribution in [0.15, 0.2) is 18.3 Å². The van der Waals surface area contributed by atoms with Gasteiger partial charge in [0.1, 0.15) is 11.8 Å². The first-order chi connectivity index (χ1) is 8.15. The van der Waals surface area contributed by atoms with Gasteiger partial charge in [-0.1, -0.05) is 6.92 Å². The fourth-order valence-corrected chi connectivity index (χ4v) is 1.61. The van der Waals surface area contributed by atoms with Gasteiger partial charge >= 0.3 is 5.97 Å². The van der Waals surface area contributed by atoms with Gasteiger partial charge in [-0.25, -0.2) is 4.98 Å². The molecule has 0 spiro atoms. The van der Waals surface area contributed by atoms with Gasteiger partial charge < -0.3 is 5.11 Å². The molecule has 1 heterocycles. The molecule has 0 aliphatic rings. The van der Waals surface area contributed by atoms with Gasteiger partial charge in [0, 0.05) is 12.7 Å². The number of hydrogen-bond acceptors (Lipinski definition) is 4. The number of aromatic nitrogens is 1. The lowest BCUT2D eigenvalue weighted by Crippen LogP contribution is -2.30. The van der Waals surface area contributed by atoms with Crippen LogP contribution in [0.4, 0.5) is 0 Å². The molecule has 1 N–H and O–H groups in total. The molecule has 0 aromatic carbocycles. The zero-order valence-corrected chi connectivity index (χ0v) is 9.76. The largest absolute Gasteiger partial charge is 0.480 e. The number of nitrogens with zero attached hydrogens (tertiary/aromatic N) is 3. The molecule has 0 radical (unpaired) electrons. The van der Waals surface area contributed by atoms with Crippen LogP contribution in [-0.2, 0) is 11.3 Å². The van der Waals surface area contributed by atoms with Crippen molar-refractivity contribution in [2.75, 3.05) is 13.1 Å². The molecule has 0 aliphatic heterocycles. The Balaban J connectivity index is 2.71. The number of aliphatic carboxylic acids is 1. The third-order valence-corrected chi connectivity index (χ3v) is 2.24. The Bertz CT molecular complexity index is 426. The van der Waals surface area contributed by atoms with Gasteiger partial charge in [0.25, 0.3) is 0 Å². The molecule has 0 aliphatic carbocycles. The lowest BCUT2D eigenvalue weighted by molar-refractivity contribution is -0.138. The van der Waals surface area contributed by atoms with Gasteiger partial charge in [-0.3, -0.25) is 9.69 Å². The molecule has 90 valence electrons. The van der Waals surface area contributed by atoms with E-state index in [-0.39, 0.29) is 6.54 Å². The maximum absolute atomic E-state index is 10.7. The summed E-state index contributed by atoms with van der Waals surface area (Å²) in [5.74, 6) is -0.840. The van der Waals surface area contributed by atoms with E-state index in [0.29, 0.717) is 12.2 Å². The van der Waals surface area contributed by atoms with Gasteiger partial charge in [-0.15, -0.1) is 0 Å². The second-order valence-corrected chi connectivity index (χ2v) is 3.77. The molecule has 17 heavy (non-hydrogen) atoms. The van der Waals surface area contributed by atoms with E-state index in [1.165, 1.54) is 0 Å². The Morgan fingerprint density at radius 2 is 2.41 bits per heavy atom. The molecule has 1 rings (SSSR count). The second kappa shape index (κ2) is 6.61. The van der Waals surface area contributed by atoms with E-state index in [1.54, 1.807) is 18.3 Å². The summed E-state index contributed by atoms with van der Waals surface area (Å²) in [4.78, 5) is 16.4. The highest BCUT2D eigenvalue weighted by atomic mass is 16.4. The van der Waals surface area contributed by atoms with Crippen LogP contribution >= 0.6 is 0 Å². The van der Waals surface area contributed by atoms with Crippen molar-refractivity contribution in [2.24, 2.45) is 0 Å². The van der Waals surface area contributed by atoms with Crippen molar-refractivity contribution in [2.45, 2.75) is 19.9 Å². The van der Waals surface area contributed by atoms with Crippen molar-refractivity contribution in [3.63, 3.8) is 0 Å². The Kier molecular flexibility index (Phi) is 5.11. The minimum Gasteiger partial charge on any atom is -0.480 e. The molecule has 1 aromatic heterocycles. The van der Waals surface area contributed by atoms with Crippen LogP contribution < -0.4 is 0 Å². The van der Waals surface area contributed by atoms with E-state index in [4.69, 9.17) is 10.4 Å². The van der Waals surface area contributed by atoms with Crippen LogP contribution in [0.5, 0.6) is 0 Å². The second-order valence-electron chi connectivity index (χ2n) is 3.77. The smallest absolute Gasteiger partial charge is 0.317 e. The average Bonchev–Trinajstić information content (AvgIpc) is 2.29. The minimum atomic E-state index is -0.840. The fraction of sp³-hybridized carbons (Fsp3) is 0.417. The molecule has 0 bridgehead atoms. The maximum Gasteiger partial charge on any atom is 0.317 e. The first-order valence-corrected chi connectivity index (χ1v) is 5.45. The number of rotatable bonds is 6. The van der Waals surface area contributed by atoms with E-state index in [0.717, 1.165) is 18.5 Å². The van der Waals surface area contributed by atoms with E-state index in [9.17, 15) is 4.79 Å². The van der Waals surface area contributed by atoms with E-state index < -0.39 is 5.97 Å². The molecule has 5 nitrogen and oxygen atoms in total. The molecule has 0 saturated carbocycles. The van der Waals surface area contributed by atoms with E-state index in [2.05, 4.69) is 4.98 Å². The van der Waals surface area contributed by atoms with Crippen molar-refractivity contribution in [1.29, 1.82) is 5.26 Å². The lowest BCUT2D eigenvalue weighted by atomic mass is 10.2. The van der Waals surface area contributed by atoms with Crippen molar-refractivity contribution < 1.29 is 9.90 Å². The molecule has 0 atom stereocenters. The summed E-state index contributed by atoms with van der Waals surface area (Å²) in [5, 5.41) is 17.5. The summed E-state index contributed by atoms with van der Waals surface area (Å²) in [6.45, 7) is 3.26. The zero-order valence-electron chi connectivity index (χ0n) is 9.76. The highest BCUT2D eigenvalue weighted by molar-refractivity contribution is 5.69. The van der Waals surface area contributed by atoms with Crippen LogP contribution in [0.25, 0.3) is 0 Å². The number of carbonyl (C=O) groups is 1. The highest BCUT2D eigenvalue weighted by Crippen LogP contribution is 2.06. The van der Waals surface area contributed by atoms with Crippen molar-refractivity contribution in [3.05, 3.63) is 29.6 Å². The number of carboxylic acid groups (broad SMARTS) is 1. The summed E-state index contributed by atoms with van der Waals surface area (Å²) in [6.07, 6.45) is 2.46. The third kappa shape index (κ3) is 4.62. The standard InChI is InChI=1S/C12H15N3O2/c1-2-5-15(9-12(16)17)8-10-3-4-14-11(6-10)7-13/h3-4,6H,2,5,8-9H2,1H3,(H,16,17). The third-order valence-electron chi connectivity index (χ3n) is 2.24. The number of nitriles is 1. The van der Waals surface area contributed by atoms with Crippen LogP contribution in [0.1, 0.15) is 24.6 Å². The average molecular weight is 233 g/mol. The van der Waals surface area contributed by atoms with Crippen LogP contribution in [0.3, 0.4) is 0 Å². The Morgan fingerprint density at radius 1 is 1.65 bits per heavy atom. The van der Waals surface area contributed by atoms with E-state index in [1.807, 2.05) is 17.9 Å².